The fourth-order valence-corrected chi connectivity index (χ4v) is 4.28. The molecule has 8 heteroatoms. The minimum Gasteiger partial charge on any atom is -0.494 e. The number of halogens is 1. The van der Waals surface area contributed by atoms with Gasteiger partial charge in [-0.05, 0) is 67.1 Å². The van der Waals surface area contributed by atoms with E-state index in [4.69, 9.17) is 16.3 Å². The van der Waals surface area contributed by atoms with Gasteiger partial charge in [-0.15, -0.1) is 5.10 Å². The topological polar surface area (TPSA) is 59.3 Å². The molecule has 31 heavy (non-hydrogen) atoms. The van der Waals surface area contributed by atoms with Gasteiger partial charge in [-0.25, -0.2) is 4.68 Å². The van der Waals surface area contributed by atoms with Crippen molar-refractivity contribution in [3.63, 3.8) is 0 Å². The third-order valence-electron chi connectivity index (χ3n) is 5.61. The number of ether oxygens (including phenoxy) is 1. The van der Waals surface area contributed by atoms with E-state index >= 15 is 0 Å². The molecule has 1 aromatic heterocycles. The molecule has 164 valence electrons. The van der Waals surface area contributed by atoms with Gasteiger partial charge in [0.15, 0.2) is 5.82 Å². The number of anilines is 1. The summed E-state index contributed by atoms with van der Waals surface area (Å²) in [5.74, 6) is 1.74. The lowest BCUT2D eigenvalue weighted by atomic mass is 10.0. The molecule has 1 aliphatic rings. The van der Waals surface area contributed by atoms with Crippen LogP contribution in [0.25, 0.3) is 0 Å². The Morgan fingerprint density at radius 2 is 1.77 bits per heavy atom. The second-order valence-corrected chi connectivity index (χ2v) is 8.42. The van der Waals surface area contributed by atoms with Crippen molar-refractivity contribution in [1.82, 2.24) is 25.1 Å². The Hall–Kier alpha value is -2.64. The van der Waals surface area contributed by atoms with Crippen molar-refractivity contribution in [2.24, 2.45) is 0 Å². The van der Waals surface area contributed by atoms with Gasteiger partial charge in [0, 0.05) is 36.9 Å². The molecule has 0 saturated carbocycles. The Kier molecular flexibility index (Phi) is 6.73. The summed E-state index contributed by atoms with van der Waals surface area (Å²) >= 11 is 6.20. The van der Waals surface area contributed by atoms with E-state index < -0.39 is 0 Å². The van der Waals surface area contributed by atoms with Crippen LogP contribution in [0.15, 0.2) is 48.5 Å². The molecule has 0 N–H and O–H groups in total. The second-order valence-electron chi connectivity index (χ2n) is 7.98. The Balaban J connectivity index is 1.60. The van der Waals surface area contributed by atoms with E-state index in [1.165, 1.54) is 0 Å². The van der Waals surface area contributed by atoms with Crippen molar-refractivity contribution in [1.29, 1.82) is 0 Å². The summed E-state index contributed by atoms with van der Waals surface area (Å²) in [6, 6.07) is 16.5. The zero-order chi connectivity index (χ0) is 21.8. The highest BCUT2D eigenvalue weighted by atomic mass is 35.5. The monoisotopic (exact) mass is 440 g/mol. The molecular formula is C23H29ClN6O. The number of benzene rings is 2. The van der Waals surface area contributed by atoms with Gasteiger partial charge in [0.1, 0.15) is 5.75 Å². The van der Waals surface area contributed by atoms with Crippen LogP contribution in [0.1, 0.15) is 44.2 Å². The van der Waals surface area contributed by atoms with Crippen molar-refractivity contribution in [2.45, 2.75) is 32.9 Å². The van der Waals surface area contributed by atoms with Crippen LogP contribution in [-0.2, 0) is 0 Å². The third-order valence-corrected chi connectivity index (χ3v) is 5.85. The zero-order valence-corrected chi connectivity index (χ0v) is 19.0. The lowest BCUT2D eigenvalue weighted by Crippen LogP contribution is -2.48. The van der Waals surface area contributed by atoms with E-state index in [1.54, 1.807) is 0 Å². The Morgan fingerprint density at radius 3 is 2.42 bits per heavy atom. The lowest BCUT2D eigenvalue weighted by molar-refractivity contribution is 0.199. The van der Waals surface area contributed by atoms with E-state index in [1.807, 2.05) is 41.9 Å². The first kappa shape index (κ1) is 21.6. The predicted octanol–water partition coefficient (Wildman–Crippen LogP) is 4.22. The first-order valence-electron chi connectivity index (χ1n) is 10.8. The zero-order valence-electron chi connectivity index (χ0n) is 18.3. The smallest absolute Gasteiger partial charge is 0.173 e. The summed E-state index contributed by atoms with van der Waals surface area (Å²) in [7, 11) is 0. The first-order chi connectivity index (χ1) is 15.1. The normalized spacial score (nSPS) is 16.0. The Labute approximate surface area is 188 Å². The molecular weight excluding hydrogens is 412 g/mol. The maximum atomic E-state index is 6.20. The summed E-state index contributed by atoms with van der Waals surface area (Å²) < 4.78 is 7.56. The quantitative estimate of drug-likeness (QED) is 0.548. The fraction of sp³-hybridized carbons (Fsp3) is 0.435. The molecule has 1 saturated heterocycles. The number of piperazine rings is 1. The molecule has 3 aromatic rings. The van der Waals surface area contributed by atoms with E-state index in [0.29, 0.717) is 6.61 Å². The third kappa shape index (κ3) is 4.83. The molecule has 2 aromatic carbocycles. The number of hydrogen-bond acceptors (Lipinski definition) is 6. The number of rotatable bonds is 7. The van der Waals surface area contributed by atoms with Crippen LogP contribution in [0.2, 0.25) is 5.02 Å². The van der Waals surface area contributed by atoms with Gasteiger partial charge in [-0.3, -0.25) is 4.90 Å². The van der Waals surface area contributed by atoms with Gasteiger partial charge in [0.25, 0.3) is 0 Å². The van der Waals surface area contributed by atoms with Gasteiger partial charge in [-0.1, -0.05) is 29.8 Å². The van der Waals surface area contributed by atoms with Crippen molar-refractivity contribution in [3.05, 3.63) is 64.9 Å². The molecule has 0 spiro atoms. The van der Waals surface area contributed by atoms with Crippen LogP contribution in [0, 0.1) is 0 Å². The summed E-state index contributed by atoms with van der Waals surface area (Å²) in [4.78, 5) is 4.84. The van der Waals surface area contributed by atoms with Crippen LogP contribution >= 0.6 is 11.6 Å². The van der Waals surface area contributed by atoms with E-state index in [9.17, 15) is 0 Å². The highest BCUT2D eigenvalue weighted by molar-refractivity contribution is 6.30. The molecule has 7 nitrogen and oxygen atoms in total. The average Bonchev–Trinajstić information content (AvgIpc) is 3.26. The summed E-state index contributed by atoms with van der Waals surface area (Å²) in [6.07, 6.45) is 0. The Bertz CT molecular complexity index is 982. The number of aromatic nitrogens is 4. The molecule has 4 rings (SSSR count). The molecule has 0 amide bonds. The highest BCUT2D eigenvalue weighted by Crippen LogP contribution is 2.31. The standard InChI is InChI=1S/C23H29ClN6O/c1-4-31-21-10-8-18(9-11-21)22(23-25-26-27-30(23)17(2)3)29-14-12-28(13-15-29)20-7-5-6-19(24)16-20/h5-11,16-17,22H,4,12-15H2,1-3H3. The maximum Gasteiger partial charge on any atom is 0.173 e. The first-order valence-corrected chi connectivity index (χ1v) is 11.2. The molecule has 1 atom stereocenters. The molecule has 0 bridgehead atoms. The molecule has 0 radical (unpaired) electrons. The molecule has 2 heterocycles. The van der Waals surface area contributed by atoms with Gasteiger partial charge in [0.2, 0.25) is 0 Å². The largest absolute Gasteiger partial charge is 0.494 e. The summed E-state index contributed by atoms with van der Waals surface area (Å²) in [6.45, 7) is 10.5. The lowest BCUT2D eigenvalue weighted by Gasteiger charge is -2.40. The van der Waals surface area contributed by atoms with Crippen LogP contribution in [0.4, 0.5) is 5.69 Å². The fourth-order valence-electron chi connectivity index (χ4n) is 4.10. The maximum absolute atomic E-state index is 6.20. The van der Waals surface area contributed by atoms with E-state index in [2.05, 4.69) is 57.4 Å². The van der Waals surface area contributed by atoms with Crippen LogP contribution < -0.4 is 9.64 Å². The van der Waals surface area contributed by atoms with E-state index in [-0.39, 0.29) is 12.1 Å². The number of hydrogen-bond donors (Lipinski definition) is 0. The van der Waals surface area contributed by atoms with Crippen LogP contribution in [0.3, 0.4) is 0 Å². The second kappa shape index (κ2) is 9.66. The van der Waals surface area contributed by atoms with Crippen LogP contribution in [-0.4, -0.2) is 57.9 Å². The summed E-state index contributed by atoms with van der Waals surface area (Å²) in [5.41, 5.74) is 2.33. The SMILES string of the molecule is CCOc1ccc(C(c2nnnn2C(C)C)N2CCN(c3cccc(Cl)c3)CC2)cc1. The van der Waals surface area contributed by atoms with Crippen molar-refractivity contribution >= 4 is 17.3 Å². The van der Waals surface area contributed by atoms with Gasteiger partial charge >= 0.3 is 0 Å². The molecule has 0 aliphatic carbocycles. The van der Waals surface area contributed by atoms with Crippen molar-refractivity contribution in [2.75, 3.05) is 37.7 Å². The Morgan fingerprint density at radius 1 is 1.03 bits per heavy atom. The minimum absolute atomic E-state index is 0.0189. The molecule has 1 fully saturated rings. The van der Waals surface area contributed by atoms with Gasteiger partial charge in [-0.2, -0.15) is 0 Å². The molecule has 1 unspecified atom stereocenters. The predicted molar refractivity (Wildman–Crippen MR) is 123 cm³/mol. The number of tetrazole rings is 1. The van der Waals surface area contributed by atoms with Gasteiger partial charge < -0.3 is 9.64 Å². The van der Waals surface area contributed by atoms with Gasteiger partial charge in [0.05, 0.1) is 18.7 Å². The van der Waals surface area contributed by atoms with Crippen molar-refractivity contribution < 1.29 is 4.74 Å². The molecule has 1 aliphatic heterocycles. The summed E-state index contributed by atoms with van der Waals surface area (Å²) in [5, 5.41) is 13.4. The van der Waals surface area contributed by atoms with Crippen molar-refractivity contribution in [3.8, 4) is 5.75 Å². The average molecular weight is 441 g/mol. The minimum atomic E-state index is -0.0189. The highest BCUT2D eigenvalue weighted by Gasteiger charge is 2.31. The van der Waals surface area contributed by atoms with E-state index in [0.717, 1.165) is 54.0 Å². The van der Waals surface area contributed by atoms with Crippen LogP contribution in [0.5, 0.6) is 5.75 Å². The number of nitrogens with zero attached hydrogens (tertiary/aromatic N) is 6.